The highest BCUT2D eigenvalue weighted by Gasteiger charge is 2.34. The Morgan fingerprint density at radius 2 is 2.12 bits per heavy atom. The van der Waals surface area contributed by atoms with Crippen LogP contribution in [-0.4, -0.2) is 56.0 Å². The molecule has 7 nitrogen and oxygen atoms in total. The minimum Gasteiger partial charge on any atom is -0.355 e. The molecule has 0 spiro atoms. The minimum absolute atomic E-state index is 0.0951. The molecule has 130 valence electrons. The molecule has 1 unspecified atom stereocenters. The third kappa shape index (κ3) is 3.64. The zero-order valence-corrected chi connectivity index (χ0v) is 13.4. The molecule has 1 saturated heterocycles. The summed E-state index contributed by atoms with van der Waals surface area (Å²) in [5, 5.41) is 7.96. The Morgan fingerprint density at radius 1 is 1.33 bits per heavy atom. The van der Waals surface area contributed by atoms with E-state index >= 15 is 0 Å². The zero-order chi connectivity index (χ0) is 17.3. The first-order valence-electron chi connectivity index (χ1n) is 7.52. The van der Waals surface area contributed by atoms with Crippen LogP contribution in [0.2, 0.25) is 0 Å². The standard InChI is InChI=1S/C14H18F3N7/c1-22-6-10(20-21-22)7-24-4-3-11(8-24)23(2)13-5-12(14(15,16)17)18-9-19-13/h5-6,9,11H,3-4,7-8H2,1-2H3. The van der Waals surface area contributed by atoms with Crippen molar-refractivity contribution in [1.29, 1.82) is 0 Å². The van der Waals surface area contributed by atoms with Gasteiger partial charge in [-0.05, 0) is 6.42 Å². The fourth-order valence-corrected chi connectivity index (χ4v) is 2.85. The monoisotopic (exact) mass is 341 g/mol. The van der Waals surface area contributed by atoms with E-state index in [2.05, 4.69) is 25.2 Å². The Kier molecular flexibility index (Phi) is 4.39. The molecule has 0 saturated carbocycles. The Morgan fingerprint density at radius 3 is 2.79 bits per heavy atom. The predicted octanol–water partition coefficient (Wildman–Crippen LogP) is 1.33. The first-order valence-corrected chi connectivity index (χ1v) is 7.52. The molecular formula is C14H18F3N7. The number of rotatable bonds is 4. The maximum Gasteiger partial charge on any atom is 0.433 e. The van der Waals surface area contributed by atoms with Crippen molar-refractivity contribution in [3.05, 3.63) is 30.0 Å². The predicted molar refractivity (Wildman–Crippen MR) is 80.1 cm³/mol. The van der Waals surface area contributed by atoms with Crippen LogP contribution >= 0.6 is 0 Å². The lowest BCUT2D eigenvalue weighted by Gasteiger charge is -2.26. The minimum atomic E-state index is -4.47. The van der Waals surface area contributed by atoms with Gasteiger partial charge in [0.1, 0.15) is 17.8 Å². The first kappa shape index (κ1) is 16.6. The number of likely N-dealkylation sites (tertiary alicyclic amines) is 1. The van der Waals surface area contributed by atoms with Gasteiger partial charge in [0.05, 0.1) is 5.69 Å². The van der Waals surface area contributed by atoms with Crippen LogP contribution in [-0.2, 0) is 19.8 Å². The van der Waals surface area contributed by atoms with Crippen molar-refractivity contribution in [2.75, 3.05) is 25.0 Å². The van der Waals surface area contributed by atoms with Gasteiger partial charge in [-0.2, -0.15) is 13.2 Å². The molecule has 3 heterocycles. The van der Waals surface area contributed by atoms with E-state index in [0.717, 1.165) is 37.6 Å². The molecule has 24 heavy (non-hydrogen) atoms. The third-order valence-electron chi connectivity index (χ3n) is 4.14. The zero-order valence-electron chi connectivity index (χ0n) is 13.4. The highest BCUT2D eigenvalue weighted by molar-refractivity contribution is 5.40. The van der Waals surface area contributed by atoms with E-state index in [4.69, 9.17) is 0 Å². The van der Waals surface area contributed by atoms with Crippen LogP contribution in [0, 0.1) is 0 Å². The van der Waals surface area contributed by atoms with E-state index in [-0.39, 0.29) is 11.9 Å². The van der Waals surface area contributed by atoms with E-state index in [9.17, 15) is 13.2 Å². The summed E-state index contributed by atoms with van der Waals surface area (Å²) >= 11 is 0. The molecule has 0 radical (unpaired) electrons. The third-order valence-corrected chi connectivity index (χ3v) is 4.14. The van der Waals surface area contributed by atoms with Crippen molar-refractivity contribution in [2.45, 2.75) is 25.2 Å². The van der Waals surface area contributed by atoms with Crippen LogP contribution in [0.25, 0.3) is 0 Å². The van der Waals surface area contributed by atoms with Crippen LogP contribution in [0.15, 0.2) is 18.6 Å². The molecule has 2 aromatic heterocycles. The Hall–Kier alpha value is -2.23. The van der Waals surface area contributed by atoms with Crippen molar-refractivity contribution < 1.29 is 13.2 Å². The summed E-state index contributed by atoms with van der Waals surface area (Å²) in [6, 6.07) is 1.09. The summed E-state index contributed by atoms with van der Waals surface area (Å²) < 4.78 is 40.0. The van der Waals surface area contributed by atoms with Crippen LogP contribution in [0.1, 0.15) is 17.8 Å². The highest BCUT2D eigenvalue weighted by atomic mass is 19.4. The molecule has 0 N–H and O–H groups in total. The topological polar surface area (TPSA) is 63.0 Å². The molecule has 3 rings (SSSR count). The first-order chi connectivity index (χ1) is 11.3. The lowest BCUT2D eigenvalue weighted by molar-refractivity contribution is -0.141. The summed E-state index contributed by atoms with van der Waals surface area (Å²) in [7, 11) is 3.57. The molecule has 2 aromatic rings. The number of halogens is 3. The Bertz CT molecular complexity index is 700. The van der Waals surface area contributed by atoms with Gasteiger partial charge in [-0.25, -0.2) is 9.97 Å². The second-order valence-corrected chi connectivity index (χ2v) is 5.93. The summed E-state index contributed by atoms with van der Waals surface area (Å²) in [6.07, 6.45) is -0.799. The molecule has 0 amide bonds. The second-order valence-electron chi connectivity index (χ2n) is 5.93. The fraction of sp³-hybridized carbons (Fsp3) is 0.571. The van der Waals surface area contributed by atoms with Gasteiger partial charge in [0.2, 0.25) is 0 Å². The number of aromatic nitrogens is 5. The molecule has 0 bridgehead atoms. The number of nitrogens with zero attached hydrogens (tertiary/aromatic N) is 7. The van der Waals surface area contributed by atoms with E-state index < -0.39 is 11.9 Å². The molecule has 0 aromatic carbocycles. The lowest BCUT2D eigenvalue weighted by Crippen LogP contribution is -2.35. The fourth-order valence-electron chi connectivity index (χ4n) is 2.85. The van der Waals surface area contributed by atoms with Gasteiger partial charge in [-0.15, -0.1) is 5.10 Å². The van der Waals surface area contributed by atoms with Crippen molar-refractivity contribution in [1.82, 2.24) is 29.9 Å². The van der Waals surface area contributed by atoms with Crippen molar-refractivity contribution in [3.8, 4) is 0 Å². The maximum atomic E-state index is 12.8. The van der Waals surface area contributed by atoms with E-state index in [1.807, 2.05) is 13.2 Å². The Labute approximate surface area is 137 Å². The van der Waals surface area contributed by atoms with Gasteiger partial charge in [-0.3, -0.25) is 9.58 Å². The maximum absolute atomic E-state index is 12.8. The number of likely N-dealkylation sites (N-methyl/N-ethyl adjacent to an activating group) is 1. The number of aryl methyl sites for hydroxylation is 1. The van der Waals surface area contributed by atoms with Crippen LogP contribution in [0.5, 0.6) is 0 Å². The molecule has 1 atom stereocenters. The van der Waals surface area contributed by atoms with Gasteiger partial charge in [-0.1, -0.05) is 5.21 Å². The van der Waals surface area contributed by atoms with E-state index in [1.54, 1.807) is 16.6 Å². The second kappa shape index (κ2) is 6.34. The average Bonchev–Trinajstić information content (AvgIpc) is 3.15. The highest BCUT2D eigenvalue weighted by Crippen LogP contribution is 2.29. The summed E-state index contributed by atoms with van der Waals surface area (Å²) in [5.74, 6) is 0.281. The van der Waals surface area contributed by atoms with Gasteiger partial charge >= 0.3 is 6.18 Å². The van der Waals surface area contributed by atoms with Crippen molar-refractivity contribution in [3.63, 3.8) is 0 Å². The lowest BCUT2D eigenvalue weighted by atomic mass is 10.2. The number of hydrogen-bond acceptors (Lipinski definition) is 6. The quantitative estimate of drug-likeness (QED) is 0.836. The van der Waals surface area contributed by atoms with Crippen LogP contribution in [0.3, 0.4) is 0 Å². The van der Waals surface area contributed by atoms with Crippen LogP contribution < -0.4 is 4.90 Å². The molecule has 0 aliphatic carbocycles. The van der Waals surface area contributed by atoms with Gasteiger partial charge in [0, 0.05) is 52.0 Å². The molecule has 10 heteroatoms. The van der Waals surface area contributed by atoms with E-state index in [0.29, 0.717) is 6.54 Å². The van der Waals surface area contributed by atoms with Gasteiger partial charge in [0.25, 0.3) is 0 Å². The molecule has 1 aliphatic heterocycles. The summed E-state index contributed by atoms with van der Waals surface area (Å²) in [6.45, 7) is 2.26. The van der Waals surface area contributed by atoms with Gasteiger partial charge < -0.3 is 4.90 Å². The smallest absolute Gasteiger partial charge is 0.355 e. The van der Waals surface area contributed by atoms with Crippen LogP contribution in [0.4, 0.5) is 19.0 Å². The molecule has 1 fully saturated rings. The summed E-state index contributed by atoms with van der Waals surface area (Å²) in [5.41, 5.74) is -0.0454. The Balaban J connectivity index is 1.65. The van der Waals surface area contributed by atoms with Gasteiger partial charge in [0.15, 0.2) is 0 Å². The number of anilines is 1. The SMILES string of the molecule is CN(c1cc(C(F)(F)F)ncn1)C1CCN(Cc2cn(C)nn2)C1. The summed E-state index contributed by atoms with van der Waals surface area (Å²) in [4.78, 5) is 11.3. The van der Waals surface area contributed by atoms with E-state index in [1.165, 1.54) is 0 Å². The van der Waals surface area contributed by atoms with Crippen molar-refractivity contribution >= 4 is 5.82 Å². The molecular weight excluding hydrogens is 323 g/mol. The largest absolute Gasteiger partial charge is 0.433 e. The average molecular weight is 341 g/mol. The molecule has 1 aliphatic rings. The normalized spacial score (nSPS) is 19.0. The van der Waals surface area contributed by atoms with Crippen molar-refractivity contribution in [2.24, 2.45) is 7.05 Å². The number of alkyl halides is 3. The number of hydrogen-bond donors (Lipinski definition) is 0.